The van der Waals surface area contributed by atoms with Gasteiger partial charge in [-0.15, -0.1) is 11.8 Å². The van der Waals surface area contributed by atoms with E-state index in [9.17, 15) is 0 Å². The first-order chi connectivity index (χ1) is 5.79. The summed E-state index contributed by atoms with van der Waals surface area (Å²) in [6.07, 6.45) is 1.25. The molecule has 12 heavy (non-hydrogen) atoms. The molecule has 1 aromatic rings. The van der Waals surface area contributed by atoms with Gasteiger partial charge in [-0.2, -0.15) is 0 Å². The number of hydrogen-bond donors (Lipinski definition) is 0. The Morgan fingerprint density at radius 3 is 3.08 bits per heavy atom. The summed E-state index contributed by atoms with van der Waals surface area (Å²) < 4.78 is 1.39. The van der Waals surface area contributed by atoms with Gasteiger partial charge in [-0.1, -0.05) is 28.1 Å². The summed E-state index contributed by atoms with van der Waals surface area (Å²) in [6, 6.07) is 6.54. The largest absolute Gasteiger partial charge is 0.125 e. The molecule has 0 aliphatic carbocycles. The number of thioether (sulfide) groups is 1. The van der Waals surface area contributed by atoms with Crippen LogP contribution in [0, 0.1) is 3.57 Å². The number of rotatable bonds is 0. The number of halogens is 2. The van der Waals surface area contributed by atoms with Crippen LogP contribution in [-0.2, 0) is 0 Å². The minimum absolute atomic E-state index is 0.573. The van der Waals surface area contributed by atoms with E-state index in [1.165, 1.54) is 26.2 Å². The molecule has 1 aliphatic heterocycles. The Bertz CT molecular complexity index is 301. The highest BCUT2D eigenvalue weighted by Gasteiger charge is 2.19. The summed E-state index contributed by atoms with van der Waals surface area (Å²) in [7, 11) is 0. The molecular weight excluding hydrogens is 347 g/mol. The fourth-order valence-electron chi connectivity index (χ4n) is 1.34. The lowest BCUT2D eigenvalue weighted by molar-refractivity contribution is 0.876. The molecule has 64 valence electrons. The summed E-state index contributed by atoms with van der Waals surface area (Å²) in [5.74, 6) is 1.24. The van der Waals surface area contributed by atoms with E-state index in [0.29, 0.717) is 4.83 Å². The molecule has 0 bridgehead atoms. The van der Waals surface area contributed by atoms with Gasteiger partial charge in [-0.25, -0.2) is 0 Å². The van der Waals surface area contributed by atoms with Gasteiger partial charge < -0.3 is 0 Å². The molecule has 2 rings (SSSR count). The van der Waals surface area contributed by atoms with Crippen LogP contribution in [0.25, 0.3) is 0 Å². The van der Waals surface area contributed by atoms with E-state index in [0.717, 1.165) is 0 Å². The highest BCUT2D eigenvalue weighted by atomic mass is 127. The second-order valence-electron chi connectivity index (χ2n) is 2.76. The molecule has 1 unspecified atom stereocenters. The molecule has 0 spiro atoms. The summed E-state index contributed by atoms with van der Waals surface area (Å²) in [5, 5.41) is 0. The Morgan fingerprint density at radius 1 is 1.50 bits per heavy atom. The lowest BCUT2D eigenvalue weighted by Crippen LogP contribution is -2.02. The SMILES string of the molecule is BrC1CCSc2c(I)cccc21. The van der Waals surface area contributed by atoms with Crippen LogP contribution in [0.4, 0.5) is 0 Å². The van der Waals surface area contributed by atoms with Crippen LogP contribution in [0.1, 0.15) is 16.8 Å². The second kappa shape index (κ2) is 3.88. The normalized spacial score (nSPS) is 22.0. The van der Waals surface area contributed by atoms with Crippen LogP contribution < -0.4 is 0 Å². The molecule has 1 aromatic carbocycles. The van der Waals surface area contributed by atoms with Crippen LogP contribution in [0.5, 0.6) is 0 Å². The first kappa shape index (κ1) is 9.34. The average molecular weight is 355 g/mol. The van der Waals surface area contributed by atoms with Gasteiger partial charge in [0.2, 0.25) is 0 Å². The van der Waals surface area contributed by atoms with Crippen molar-refractivity contribution in [2.75, 3.05) is 5.75 Å². The number of benzene rings is 1. The van der Waals surface area contributed by atoms with Gasteiger partial charge in [0.25, 0.3) is 0 Å². The molecule has 0 saturated heterocycles. The summed E-state index contributed by atoms with van der Waals surface area (Å²) in [6.45, 7) is 0. The van der Waals surface area contributed by atoms with Gasteiger partial charge in [0.05, 0.1) is 0 Å². The quantitative estimate of drug-likeness (QED) is 0.496. The molecule has 1 heterocycles. The third kappa shape index (κ3) is 1.68. The molecule has 0 nitrogen and oxygen atoms in total. The highest BCUT2D eigenvalue weighted by Crippen LogP contribution is 2.42. The van der Waals surface area contributed by atoms with Crippen LogP contribution >= 0.6 is 50.3 Å². The van der Waals surface area contributed by atoms with Crippen molar-refractivity contribution >= 4 is 50.3 Å². The molecule has 0 aromatic heterocycles. The zero-order valence-corrected chi connectivity index (χ0v) is 10.9. The lowest BCUT2D eigenvalue weighted by atomic mass is 10.1. The zero-order valence-electron chi connectivity index (χ0n) is 6.39. The minimum atomic E-state index is 0.573. The monoisotopic (exact) mass is 354 g/mol. The van der Waals surface area contributed by atoms with Crippen molar-refractivity contribution in [3.8, 4) is 0 Å². The van der Waals surface area contributed by atoms with E-state index in [1.54, 1.807) is 0 Å². The van der Waals surface area contributed by atoms with Gasteiger partial charge in [0.1, 0.15) is 0 Å². The number of alkyl halides is 1. The topological polar surface area (TPSA) is 0 Å². The summed E-state index contributed by atoms with van der Waals surface area (Å²) in [4.78, 5) is 2.05. The average Bonchev–Trinajstić information content (AvgIpc) is 2.07. The van der Waals surface area contributed by atoms with Gasteiger partial charge in [0.15, 0.2) is 0 Å². The van der Waals surface area contributed by atoms with Crippen molar-refractivity contribution < 1.29 is 0 Å². The van der Waals surface area contributed by atoms with Gasteiger partial charge in [-0.05, 0) is 46.4 Å². The Morgan fingerprint density at radius 2 is 2.33 bits per heavy atom. The molecule has 3 heteroatoms. The van der Waals surface area contributed by atoms with E-state index in [2.05, 4.69) is 56.7 Å². The van der Waals surface area contributed by atoms with Crippen molar-refractivity contribution in [3.05, 3.63) is 27.3 Å². The van der Waals surface area contributed by atoms with Gasteiger partial charge in [-0.3, -0.25) is 0 Å². The van der Waals surface area contributed by atoms with Crippen molar-refractivity contribution in [2.45, 2.75) is 16.1 Å². The minimum Gasteiger partial charge on any atom is -0.125 e. The summed E-state index contributed by atoms with van der Waals surface area (Å²) >= 11 is 8.10. The third-order valence-electron chi connectivity index (χ3n) is 1.95. The van der Waals surface area contributed by atoms with Crippen molar-refractivity contribution in [1.82, 2.24) is 0 Å². The molecule has 0 N–H and O–H groups in total. The lowest BCUT2D eigenvalue weighted by Gasteiger charge is -2.21. The summed E-state index contributed by atoms with van der Waals surface area (Å²) in [5.41, 5.74) is 1.47. The maximum absolute atomic E-state index is 3.70. The van der Waals surface area contributed by atoms with E-state index >= 15 is 0 Å². The van der Waals surface area contributed by atoms with E-state index in [1.807, 2.05) is 11.8 Å². The van der Waals surface area contributed by atoms with Crippen LogP contribution in [0.3, 0.4) is 0 Å². The van der Waals surface area contributed by atoms with Crippen LogP contribution in [0.15, 0.2) is 23.1 Å². The maximum Gasteiger partial charge on any atom is 0.0414 e. The third-order valence-corrected chi connectivity index (χ3v) is 5.35. The van der Waals surface area contributed by atoms with E-state index in [4.69, 9.17) is 0 Å². The van der Waals surface area contributed by atoms with Crippen LogP contribution in [-0.4, -0.2) is 5.75 Å². The van der Waals surface area contributed by atoms with Crippen molar-refractivity contribution in [2.24, 2.45) is 0 Å². The first-order valence-corrected chi connectivity index (χ1v) is 6.82. The number of hydrogen-bond acceptors (Lipinski definition) is 1. The van der Waals surface area contributed by atoms with Crippen molar-refractivity contribution in [1.29, 1.82) is 0 Å². The molecule has 1 atom stereocenters. The molecule has 1 aliphatic rings. The smallest absolute Gasteiger partial charge is 0.0414 e. The van der Waals surface area contributed by atoms with E-state index in [-0.39, 0.29) is 0 Å². The molecule has 0 amide bonds. The first-order valence-electron chi connectivity index (χ1n) is 3.84. The molecular formula is C9H8BrIS. The second-order valence-corrected chi connectivity index (χ2v) is 6.14. The predicted octanol–water partition coefficient (Wildman–Crippen LogP) is 4.22. The molecule has 0 fully saturated rings. The molecule has 0 radical (unpaired) electrons. The Hall–Kier alpha value is 0.780. The fraction of sp³-hybridized carbons (Fsp3) is 0.333. The number of fused-ring (bicyclic) bond motifs is 1. The Labute approximate surface area is 98.8 Å². The van der Waals surface area contributed by atoms with E-state index < -0.39 is 0 Å². The molecule has 0 saturated carbocycles. The Kier molecular flexibility index (Phi) is 3.02. The Balaban J connectivity index is 2.52. The highest BCUT2D eigenvalue weighted by molar-refractivity contribution is 14.1. The predicted molar refractivity (Wildman–Crippen MR) is 66.2 cm³/mol. The zero-order chi connectivity index (χ0) is 8.55. The van der Waals surface area contributed by atoms with Crippen LogP contribution in [0.2, 0.25) is 0 Å². The van der Waals surface area contributed by atoms with Gasteiger partial charge >= 0.3 is 0 Å². The maximum atomic E-state index is 3.70. The van der Waals surface area contributed by atoms with Crippen molar-refractivity contribution in [3.63, 3.8) is 0 Å². The fourth-order valence-corrected chi connectivity index (χ4v) is 4.54. The standard InChI is InChI=1S/C9H8BrIS/c10-7-4-5-12-9-6(7)2-1-3-8(9)11/h1-3,7H,4-5H2. The van der Waals surface area contributed by atoms with Gasteiger partial charge in [0, 0.05) is 13.3 Å².